The van der Waals surface area contributed by atoms with Crippen LogP contribution in [-0.4, -0.2) is 45.6 Å². The van der Waals surface area contributed by atoms with E-state index in [0.717, 1.165) is 32.6 Å². The Hall–Kier alpha value is -1.59. The smallest absolute Gasteiger partial charge is 0.317 e. The molecule has 0 spiro atoms. The van der Waals surface area contributed by atoms with E-state index < -0.39 is 0 Å². The summed E-state index contributed by atoms with van der Waals surface area (Å²) in [6.07, 6.45) is 4.39. The van der Waals surface area contributed by atoms with Gasteiger partial charge in [0, 0.05) is 32.4 Å². The lowest BCUT2D eigenvalue weighted by Crippen LogP contribution is -2.29. The normalized spacial score (nSPS) is 16.0. The van der Waals surface area contributed by atoms with Crippen molar-refractivity contribution >= 4 is 6.03 Å². The van der Waals surface area contributed by atoms with Crippen LogP contribution in [0.4, 0.5) is 4.79 Å². The van der Waals surface area contributed by atoms with Gasteiger partial charge in [0.05, 0.1) is 6.20 Å². The first-order valence-corrected chi connectivity index (χ1v) is 4.73. The molecule has 6 nitrogen and oxygen atoms in total. The zero-order chi connectivity index (χ0) is 9.80. The number of urea groups is 1. The molecule has 0 unspecified atom stereocenters. The quantitative estimate of drug-likeness (QED) is 0.717. The fourth-order valence-corrected chi connectivity index (χ4v) is 1.50. The molecule has 6 heteroatoms. The summed E-state index contributed by atoms with van der Waals surface area (Å²) in [4.78, 5) is 13.0. The number of carbonyl (C=O) groups excluding carboxylic acids is 1. The highest BCUT2D eigenvalue weighted by Crippen LogP contribution is 1.98. The molecule has 76 valence electrons. The Morgan fingerprint density at radius 2 is 2.43 bits per heavy atom. The van der Waals surface area contributed by atoms with Crippen molar-refractivity contribution in [3.63, 3.8) is 0 Å². The number of aryl methyl sites for hydroxylation is 1. The highest BCUT2D eigenvalue weighted by atomic mass is 16.2. The number of rotatable bonds is 4. The molecule has 0 aliphatic carbocycles. The molecule has 1 aromatic heterocycles. The number of carbonyl (C=O) groups is 1. The van der Waals surface area contributed by atoms with Gasteiger partial charge >= 0.3 is 6.03 Å². The molecule has 0 bridgehead atoms. The van der Waals surface area contributed by atoms with Crippen LogP contribution in [0, 0.1) is 0 Å². The number of amides is 2. The van der Waals surface area contributed by atoms with Crippen LogP contribution in [0.25, 0.3) is 0 Å². The summed E-state index contributed by atoms with van der Waals surface area (Å²) in [6, 6.07) is 0.0450. The van der Waals surface area contributed by atoms with Crippen molar-refractivity contribution in [2.45, 2.75) is 13.0 Å². The summed E-state index contributed by atoms with van der Waals surface area (Å²) < 4.78 is 1.77. The fraction of sp³-hybridized carbons (Fsp3) is 0.625. The summed E-state index contributed by atoms with van der Waals surface area (Å²) >= 11 is 0. The van der Waals surface area contributed by atoms with E-state index in [1.54, 1.807) is 10.9 Å². The molecule has 1 N–H and O–H groups in total. The molecule has 0 radical (unpaired) electrons. The van der Waals surface area contributed by atoms with Gasteiger partial charge in [-0.15, -0.1) is 5.10 Å². The van der Waals surface area contributed by atoms with Crippen LogP contribution in [0.5, 0.6) is 0 Å². The highest BCUT2D eigenvalue weighted by molar-refractivity contribution is 5.76. The highest BCUT2D eigenvalue weighted by Gasteiger charge is 2.18. The molecule has 14 heavy (non-hydrogen) atoms. The third kappa shape index (κ3) is 2.01. The van der Waals surface area contributed by atoms with E-state index in [4.69, 9.17) is 0 Å². The van der Waals surface area contributed by atoms with E-state index in [9.17, 15) is 4.79 Å². The van der Waals surface area contributed by atoms with Gasteiger partial charge in [-0.1, -0.05) is 5.21 Å². The Balaban J connectivity index is 1.70. The zero-order valence-electron chi connectivity index (χ0n) is 7.89. The first-order valence-electron chi connectivity index (χ1n) is 4.73. The van der Waals surface area contributed by atoms with E-state index in [0.29, 0.717) is 0 Å². The first kappa shape index (κ1) is 8.98. The van der Waals surface area contributed by atoms with Gasteiger partial charge in [0.2, 0.25) is 0 Å². The van der Waals surface area contributed by atoms with Gasteiger partial charge in [-0.25, -0.2) is 4.79 Å². The summed E-state index contributed by atoms with van der Waals surface area (Å²) in [5.74, 6) is 0. The lowest BCUT2D eigenvalue weighted by atomic mass is 10.4. The molecular formula is C8H13N5O. The van der Waals surface area contributed by atoms with Gasteiger partial charge in [0.25, 0.3) is 0 Å². The van der Waals surface area contributed by atoms with Crippen LogP contribution in [-0.2, 0) is 6.54 Å². The van der Waals surface area contributed by atoms with Crippen molar-refractivity contribution in [1.82, 2.24) is 25.2 Å². The van der Waals surface area contributed by atoms with Gasteiger partial charge in [-0.3, -0.25) is 4.68 Å². The maximum absolute atomic E-state index is 11.1. The molecule has 2 rings (SSSR count). The molecule has 1 aromatic rings. The second kappa shape index (κ2) is 4.08. The predicted octanol–water partition coefficient (Wildman–Crippen LogP) is -0.307. The minimum absolute atomic E-state index is 0.0450. The third-order valence-corrected chi connectivity index (χ3v) is 2.23. The van der Waals surface area contributed by atoms with Gasteiger partial charge < -0.3 is 10.2 Å². The van der Waals surface area contributed by atoms with E-state index in [1.807, 2.05) is 11.1 Å². The monoisotopic (exact) mass is 195 g/mol. The molecule has 1 aliphatic rings. The summed E-state index contributed by atoms with van der Waals surface area (Å²) in [7, 11) is 0. The van der Waals surface area contributed by atoms with Gasteiger partial charge in [-0.2, -0.15) is 0 Å². The summed E-state index contributed by atoms with van der Waals surface area (Å²) in [5, 5.41) is 10.3. The SMILES string of the molecule is O=C1NCCN1CCCn1ccnn1. The summed E-state index contributed by atoms with van der Waals surface area (Å²) in [6.45, 7) is 3.17. The first-order chi connectivity index (χ1) is 6.86. The van der Waals surface area contributed by atoms with Crippen LogP contribution in [0.2, 0.25) is 0 Å². The van der Waals surface area contributed by atoms with Crippen LogP contribution in [0.15, 0.2) is 12.4 Å². The predicted molar refractivity (Wildman–Crippen MR) is 49.6 cm³/mol. The van der Waals surface area contributed by atoms with Crippen molar-refractivity contribution in [1.29, 1.82) is 0 Å². The molecule has 2 heterocycles. The molecule has 0 aromatic carbocycles. The zero-order valence-corrected chi connectivity index (χ0v) is 7.89. The molecule has 1 fully saturated rings. The van der Waals surface area contributed by atoms with Crippen molar-refractivity contribution in [2.75, 3.05) is 19.6 Å². The molecular weight excluding hydrogens is 182 g/mol. The number of nitrogens with zero attached hydrogens (tertiary/aromatic N) is 4. The van der Waals surface area contributed by atoms with Crippen LogP contribution in [0.3, 0.4) is 0 Å². The Labute approximate surface area is 81.9 Å². The van der Waals surface area contributed by atoms with Crippen molar-refractivity contribution in [3.05, 3.63) is 12.4 Å². The average Bonchev–Trinajstić information content (AvgIpc) is 2.78. The number of hydrogen-bond donors (Lipinski definition) is 1. The van der Waals surface area contributed by atoms with Crippen molar-refractivity contribution in [2.24, 2.45) is 0 Å². The Morgan fingerprint density at radius 1 is 1.50 bits per heavy atom. The van der Waals surface area contributed by atoms with Crippen LogP contribution < -0.4 is 5.32 Å². The molecule has 2 amide bonds. The summed E-state index contributed by atoms with van der Waals surface area (Å²) in [5.41, 5.74) is 0. The second-order valence-electron chi connectivity index (χ2n) is 3.24. The van der Waals surface area contributed by atoms with Gasteiger partial charge in [-0.05, 0) is 6.42 Å². The van der Waals surface area contributed by atoms with E-state index >= 15 is 0 Å². The van der Waals surface area contributed by atoms with Crippen LogP contribution in [0.1, 0.15) is 6.42 Å². The fourth-order valence-electron chi connectivity index (χ4n) is 1.50. The minimum Gasteiger partial charge on any atom is -0.336 e. The topological polar surface area (TPSA) is 63.1 Å². The van der Waals surface area contributed by atoms with Gasteiger partial charge in [0.15, 0.2) is 0 Å². The molecule has 1 saturated heterocycles. The van der Waals surface area contributed by atoms with E-state index in [2.05, 4.69) is 15.6 Å². The Morgan fingerprint density at radius 3 is 3.07 bits per heavy atom. The Kier molecular flexibility index (Phi) is 2.62. The second-order valence-corrected chi connectivity index (χ2v) is 3.24. The van der Waals surface area contributed by atoms with Crippen molar-refractivity contribution in [3.8, 4) is 0 Å². The average molecular weight is 195 g/mol. The van der Waals surface area contributed by atoms with Gasteiger partial charge in [0.1, 0.15) is 0 Å². The minimum atomic E-state index is 0.0450. The van der Waals surface area contributed by atoms with Crippen LogP contribution >= 0.6 is 0 Å². The standard InChI is InChI=1S/C8H13N5O/c14-8-9-2-6-12(8)4-1-5-13-7-3-10-11-13/h3,7H,1-2,4-6H2,(H,9,14). The van der Waals surface area contributed by atoms with E-state index in [1.165, 1.54) is 0 Å². The molecule has 0 atom stereocenters. The lowest BCUT2D eigenvalue weighted by molar-refractivity contribution is 0.216. The number of hydrogen-bond acceptors (Lipinski definition) is 3. The third-order valence-electron chi connectivity index (χ3n) is 2.23. The molecule has 0 saturated carbocycles. The number of aromatic nitrogens is 3. The maximum atomic E-state index is 11.1. The largest absolute Gasteiger partial charge is 0.336 e. The van der Waals surface area contributed by atoms with E-state index in [-0.39, 0.29) is 6.03 Å². The number of nitrogens with one attached hydrogen (secondary N) is 1. The Bertz CT molecular complexity index is 297. The van der Waals surface area contributed by atoms with Crippen molar-refractivity contribution < 1.29 is 4.79 Å². The lowest BCUT2D eigenvalue weighted by Gasteiger charge is -2.13. The maximum Gasteiger partial charge on any atom is 0.317 e. The molecule has 1 aliphatic heterocycles.